The number of aryl methyl sites for hydroxylation is 1. The van der Waals surface area contributed by atoms with Gasteiger partial charge in [0.15, 0.2) is 0 Å². The number of hydrogen-bond donors (Lipinski definition) is 1. The number of ether oxygens (including phenoxy) is 1. The van der Waals surface area contributed by atoms with Crippen LogP contribution in [0.15, 0.2) is 12.1 Å². The highest BCUT2D eigenvalue weighted by Crippen LogP contribution is 2.29. The molecule has 0 aliphatic rings. The van der Waals surface area contributed by atoms with Crippen molar-refractivity contribution in [2.24, 2.45) is 0 Å². The minimum atomic E-state index is -4.21. The van der Waals surface area contributed by atoms with E-state index in [9.17, 15) is 13.2 Å². The van der Waals surface area contributed by atoms with Gasteiger partial charge >= 0.3 is 5.51 Å². The predicted octanol–water partition coefficient (Wildman–Crippen LogP) is 3.52. The molecule has 1 aromatic rings. The van der Waals surface area contributed by atoms with Crippen molar-refractivity contribution in [2.45, 2.75) is 32.3 Å². The van der Waals surface area contributed by atoms with E-state index in [-0.39, 0.29) is 24.1 Å². The Labute approximate surface area is 121 Å². The number of nitrogens with zero attached hydrogens (tertiary/aromatic N) is 1. The summed E-state index contributed by atoms with van der Waals surface area (Å²) in [5.41, 5.74) is -2.62. The van der Waals surface area contributed by atoms with E-state index in [1.54, 1.807) is 12.1 Å². The first-order valence-electron chi connectivity index (χ1n) is 6.43. The Morgan fingerprint density at radius 3 is 2.75 bits per heavy atom. The average molecular weight is 308 g/mol. The first-order chi connectivity index (χ1) is 9.42. The lowest BCUT2D eigenvalue weighted by atomic mass is 10.2. The van der Waals surface area contributed by atoms with Gasteiger partial charge in [-0.1, -0.05) is 6.92 Å². The molecule has 0 radical (unpaired) electrons. The molecule has 3 nitrogen and oxygen atoms in total. The van der Waals surface area contributed by atoms with Crippen LogP contribution in [0.1, 0.15) is 24.7 Å². The number of thioether (sulfide) groups is 1. The Bertz CT molecular complexity index is 413. The molecular formula is C13H19F3N2OS. The number of aromatic nitrogens is 1. The highest BCUT2D eigenvalue weighted by Gasteiger charge is 2.27. The van der Waals surface area contributed by atoms with Crippen LogP contribution < -0.4 is 10.1 Å². The van der Waals surface area contributed by atoms with E-state index in [0.717, 1.165) is 24.4 Å². The van der Waals surface area contributed by atoms with Crippen molar-refractivity contribution in [2.75, 3.05) is 18.9 Å². The highest BCUT2D eigenvalue weighted by molar-refractivity contribution is 8.00. The van der Waals surface area contributed by atoms with E-state index in [1.165, 1.54) is 0 Å². The SMILES string of the molecule is CCCNCc1nc(C)ccc1OCCSC(F)(F)F. The standard InChI is InChI=1S/C13H19F3N2OS/c1-3-6-17-9-11-12(5-4-10(2)18-11)19-7-8-20-13(14,15)16/h4-5,17H,3,6-9H2,1-2H3. The third-order valence-corrected chi connectivity index (χ3v) is 3.10. The highest BCUT2D eigenvalue weighted by atomic mass is 32.2. The van der Waals surface area contributed by atoms with E-state index < -0.39 is 5.51 Å². The Morgan fingerprint density at radius 1 is 1.35 bits per heavy atom. The van der Waals surface area contributed by atoms with Crippen molar-refractivity contribution in [1.82, 2.24) is 10.3 Å². The summed E-state index contributed by atoms with van der Waals surface area (Å²) in [6.07, 6.45) is 1.00. The predicted molar refractivity (Wildman–Crippen MR) is 75.0 cm³/mol. The van der Waals surface area contributed by atoms with Crippen LogP contribution in [0.5, 0.6) is 5.75 Å². The summed E-state index contributed by atoms with van der Waals surface area (Å²) in [6, 6.07) is 3.54. The number of alkyl halides is 3. The maximum atomic E-state index is 12.0. The molecule has 1 rings (SSSR count). The van der Waals surface area contributed by atoms with Crippen molar-refractivity contribution in [3.05, 3.63) is 23.5 Å². The molecule has 0 atom stereocenters. The lowest BCUT2D eigenvalue weighted by Crippen LogP contribution is -2.16. The molecule has 20 heavy (non-hydrogen) atoms. The van der Waals surface area contributed by atoms with Crippen molar-refractivity contribution in [3.8, 4) is 5.75 Å². The van der Waals surface area contributed by atoms with E-state index >= 15 is 0 Å². The third kappa shape index (κ3) is 7.00. The van der Waals surface area contributed by atoms with Gasteiger partial charge in [-0.15, -0.1) is 0 Å². The van der Waals surface area contributed by atoms with Gasteiger partial charge in [-0.05, 0) is 43.8 Å². The van der Waals surface area contributed by atoms with Crippen LogP contribution in [-0.4, -0.2) is 29.4 Å². The van der Waals surface area contributed by atoms with Gasteiger partial charge in [-0.3, -0.25) is 4.98 Å². The van der Waals surface area contributed by atoms with Crippen LogP contribution in [-0.2, 0) is 6.54 Å². The molecule has 1 N–H and O–H groups in total. The molecule has 0 spiro atoms. The van der Waals surface area contributed by atoms with Gasteiger partial charge < -0.3 is 10.1 Å². The molecule has 0 aliphatic heterocycles. The average Bonchev–Trinajstić information content (AvgIpc) is 2.36. The molecule has 114 valence electrons. The third-order valence-electron chi connectivity index (χ3n) is 2.40. The van der Waals surface area contributed by atoms with Crippen LogP contribution in [0.2, 0.25) is 0 Å². The van der Waals surface area contributed by atoms with Crippen molar-refractivity contribution >= 4 is 11.8 Å². The minimum absolute atomic E-state index is 0.00962. The summed E-state index contributed by atoms with van der Waals surface area (Å²) in [5, 5.41) is 3.21. The van der Waals surface area contributed by atoms with Crippen molar-refractivity contribution < 1.29 is 17.9 Å². The molecule has 0 saturated heterocycles. The van der Waals surface area contributed by atoms with Gasteiger partial charge in [0, 0.05) is 18.0 Å². The number of pyridine rings is 1. The number of rotatable bonds is 8. The maximum absolute atomic E-state index is 12.0. The molecule has 0 aliphatic carbocycles. The maximum Gasteiger partial charge on any atom is 0.441 e. The summed E-state index contributed by atoms with van der Waals surface area (Å²) in [7, 11) is 0. The van der Waals surface area contributed by atoms with Crippen LogP contribution >= 0.6 is 11.8 Å². The fourth-order valence-electron chi connectivity index (χ4n) is 1.55. The van der Waals surface area contributed by atoms with Gasteiger partial charge in [0.1, 0.15) is 5.75 Å². The summed E-state index contributed by atoms with van der Waals surface area (Å²) in [5.74, 6) is 0.418. The van der Waals surface area contributed by atoms with E-state index in [0.29, 0.717) is 12.3 Å². The molecule has 0 saturated carbocycles. The van der Waals surface area contributed by atoms with Gasteiger partial charge in [-0.2, -0.15) is 13.2 Å². The van der Waals surface area contributed by atoms with Crippen LogP contribution in [0, 0.1) is 6.92 Å². The molecule has 7 heteroatoms. The van der Waals surface area contributed by atoms with Gasteiger partial charge in [0.05, 0.1) is 12.3 Å². The van der Waals surface area contributed by atoms with Crippen molar-refractivity contribution in [1.29, 1.82) is 0 Å². The Kier molecular flexibility index (Phi) is 7.15. The molecule has 1 aromatic heterocycles. The lowest BCUT2D eigenvalue weighted by molar-refractivity contribution is -0.0329. The molecular weight excluding hydrogens is 289 g/mol. The minimum Gasteiger partial charge on any atom is -0.491 e. The summed E-state index contributed by atoms with van der Waals surface area (Å²) in [6.45, 7) is 5.35. The number of hydrogen-bond acceptors (Lipinski definition) is 4. The molecule has 0 bridgehead atoms. The number of nitrogens with one attached hydrogen (secondary N) is 1. The summed E-state index contributed by atoms with van der Waals surface area (Å²) in [4.78, 5) is 4.36. The largest absolute Gasteiger partial charge is 0.491 e. The lowest BCUT2D eigenvalue weighted by Gasteiger charge is -2.12. The second-order valence-electron chi connectivity index (χ2n) is 4.22. The van der Waals surface area contributed by atoms with Crippen molar-refractivity contribution in [3.63, 3.8) is 0 Å². The Hall–Kier alpha value is -0.950. The van der Waals surface area contributed by atoms with Gasteiger partial charge in [0.2, 0.25) is 0 Å². The first-order valence-corrected chi connectivity index (χ1v) is 7.41. The summed E-state index contributed by atoms with van der Waals surface area (Å²) < 4.78 is 41.4. The zero-order chi connectivity index (χ0) is 15.0. The second-order valence-corrected chi connectivity index (χ2v) is 5.38. The fourth-order valence-corrected chi connectivity index (χ4v) is 1.95. The topological polar surface area (TPSA) is 34.2 Å². The fraction of sp³-hybridized carbons (Fsp3) is 0.615. The van der Waals surface area contributed by atoms with E-state index in [4.69, 9.17) is 4.74 Å². The van der Waals surface area contributed by atoms with E-state index in [2.05, 4.69) is 17.2 Å². The van der Waals surface area contributed by atoms with E-state index in [1.807, 2.05) is 6.92 Å². The Morgan fingerprint density at radius 2 is 2.10 bits per heavy atom. The van der Waals surface area contributed by atoms with Gasteiger partial charge in [0.25, 0.3) is 0 Å². The molecule has 0 aromatic carbocycles. The quantitative estimate of drug-likeness (QED) is 0.745. The zero-order valence-corrected chi connectivity index (χ0v) is 12.4. The molecule has 0 amide bonds. The second kappa shape index (κ2) is 8.36. The van der Waals surface area contributed by atoms with Crippen LogP contribution in [0.4, 0.5) is 13.2 Å². The summed E-state index contributed by atoms with van der Waals surface area (Å²) >= 11 is -0.0777. The van der Waals surface area contributed by atoms with Crippen LogP contribution in [0.25, 0.3) is 0 Å². The molecule has 0 fully saturated rings. The van der Waals surface area contributed by atoms with Gasteiger partial charge in [-0.25, -0.2) is 0 Å². The molecule has 0 unspecified atom stereocenters. The molecule has 1 heterocycles. The normalized spacial score (nSPS) is 11.7. The number of halogens is 3. The Balaban J connectivity index is 2.51. The zero-order valence-electron chi connectivity index (χ0n) is 11.6. The smallest absolute Gasteiger partial charge is 0.441 e. The first kappa shape index (κ1) is 17.1. The van der Waals surface area contributed by atoms with Crippen LogP contribution in [0.3, 0.4) is 0 Å². The monoisotopic (exact) mass is 308 g/mol.